The fraction of sp³-hybridized carbons (Fsp3) is 0.429. The summed E-state index contributed by atoms with van der Waals surface area (Å²) in [6.07, 6.45) is 2.19. The van der Waals surface area contributed by atoms with Crippen LogP contribution < -0.4 is 5.32 Å². The highest BCUT2D eigenvalue weighted by atomic mass is 32.2. The number of carbonyl (C=O) groups excluding carboxylic acids is 2. The van der Waals surface area contributed by atoms with Gasteiger partial charge in [-0.25, -0.2) is 9.97 Å². The largest absolute Gasteiger partial charge is 0.349 e. The number of thioether (sulfide) groups is 1. The summed E-state index contributed by atoms with van der Waals surface area (Å²) >= 11 is 1.31. The van der Waals surface area contributed by atoms with Crippen LogP contribution in [-0.4, -0.2) is 27.4 Å². The quantitative estimate of drug-likeness (QED) is 0.442. The summed E-state index contributed by atoms with van der Waals surface area (Å²) < 4.78 is 0. The van der Waals surface area contributed by atoms with E-state index in [1.807, 2.05) is 45.0 Å². The summed E-state index contributed by atoms with van der Waals surface area (Å²) in [4.78, 5) is 33.6. The summed E-state index contributed by atoms with van der Waals surface area (Å²) in [5.74, 6) is 1.28. The van der Waals surface area contributed by atoms with Gasteiger partial charge in [0.25, 0.3) is 0 Å². The van der Waals surface area contributed by atoms with E-state index < -0.39 is 0 Å². The van der Waals surface area contributed by atoms with Crippen LogP contribution in [0.1, 0.15) is 71.7 Å². The first-order chi connectivity index (χ1) is 12.9. The Hall–Kier alpha value is -2.21. The summed E-state index contributed by atoms with van der Waals surface area (Å²) in [5, 5.41) is 3.65. The lowest BCUT2D eigenvalue weighted by Crippen LogP contribution is -2.28. The second kappa shape index (κ2) is 8.21. The van der Waals surface area contributed by atoms with Gasteiger partial charge >= 0.3 is 0 Å². The van der Waals surface area contributed by atoms with Crippen LogP contribution >= 0.6 is 11.8 Å². The molecule has 1 atom stereocenters. The highest BCUT2D eigenvalue weighted by Gasteiger charge is 2.29. The smallest absolute Gasteiger partial charge is 0.230 e. The minimum absolute atomic E-state index is 0.0639. The minimum atomic E-state index is -0.0745. The van der Waals surface area contributed by atoms with Crippen molar-refractivity contribution in [2.75, 3.05) is 5.75 Å². The van der Waals surface area contributed by atoms with E-state index in [0.29, 0.717) is 22.2 Å². The maximum absolute atomic E-state index is 12.4. The molecule has 0 bridgehead atoms. The first-order valence-corrected chi connectivity index (χ1v) is 10.2. The number of carbonyl (C=O) groups is 2. The number of benzene rings is 1. The van der Waals surface area contributed by atoms with Crippen LogP contribution in [0.25, 0.3) is 0 Å². The molecule has 3 rings (SSSR count). The molecule has 1 N–H and O–H groups in total. The maximum atomic E-state index is 12.4. The van der Waals surface area contributed by atoms with Gasteiger partial charge in [0.05, 0.1) is 23.1 Å². The Morgan fingerprint density at radius 3 is 2.56 bits per heavy atom. The molecular weight excluding hydrogens is 358 g/mol. The standard InChI is InChI=1S/C21H25N3O2S/c1-12-7-5-6-8-17(12)13(2)22-18(26)11-27-21-19(15(4)25)14(3)23-20(24-21)16-9-10-16/h5-8,13,16H,9-11H2,1-4H3,(H,22,26). The van der Waals surface area contributed by atoms with Crippen LogP contribution in [0.15, 0.2) is 29.3 Å². The first-order valence-electron chi connectivity index (χ1n) is 9.24. The second-order valence-corrected chi connectivity index (χ2v) is 8.08. The molecule has 0 saturated heterocycles. The normalized spacial score (nSPS) is 14.7. The van der Waals surface area contributed by atoms with Gasteiger partial charge in [-0.1, -0.05) is 36.0 Å². The summed E-state index contributed by atoms with van der Waals surface area (Å²) in [6.45, 7) is 7.38. The van der Waals surface area contributed by atoms with Crippen molar-refractivity contribution in [1.82, 2.24) is 15.3 Å². The molecule has 1 amide bonds. The van der Waals surface area contributed by atoms with Crippen molar-refractivity contribution in [3.8, 4) is 0 Å². The first kappa shape index (κ1) is 19.5. The molecule has 5 nitrogen and oxygen atoms in total. The van der Waals surface area contributed by atoms with Crippen LogP contribution in [0.4, 0.5) is 0 Å². The van der Waals surface area contributed by atoms with Crippen LogP contribution in [0.5, 0.6) is 0 Å². The highest BCUT2D eigenvalue weighted by molar-refractivity contribution is 8.00. The van der Waals surface area contributed by atoms with E-state index in [4.69, 9.17) is 0 Å². The molecule has 1 aliphatic rings. The van der Waals surface area contributed by atoms with Gasteiger partial charge in [-0.15, -0.1) is 0 Å². The number of aromatic nitrogens is 2. The third-order valence-corrected chi connectivity index (χ3v) is 5.72. The lowest BCUT2D eigenvalue weighted by Gasteiger charge is -2.17. The molecule has 1 aromatic heterocycles. The number of hydrogen-bond donors (Lipinski definition) is 1. The average Bonchev–Trinajstić information content (AvgIpc) is 3.44. The predicted octanol–water partition coefficient (Wildman–Crippen LogP) is 4.14. The zero-order valence-corrected chi connectivity index (χ0v) is 17.0. The molecule has 0 radical (unpaired) electrons. The predicted molar refractivity (Wildman–Crippen MR) is 107 cm³/mol. The Kier molecular flexibility index (Phi) is 5.95. The average molecular weight is 384 g/mol. The number of amides is 1. The number of Topliss-reactive ketones (excluding diaryl/α,β-unsaturated/α-hetero) is 1. The van der Waals surface area contributed by atoms with E-state index in [0.717, 1.165) is 29.8 Å². The van der Waals surface area contributed by atoms with Crippen molar-refractivity contribution in [3.63, 3.8) is 0 Å². The van der Waals surface area contributed by atoms with E-state index >= 15 is 0 Å². The van der Waals surface area contributed by atoms with Crippen molar-refractivity contribution >= 4 is 23.5 Å². The van der Waals surface area contributed by atoms with Crippen LogP contribution in [0.3, 0.4) is 0 Å². The van der Waals surface area contributed by atoms with E-state index in [9.17, 15) is 9.59 Å². The van der Waals surface area contributed by atoms with Gasteiger partial charge in [-0.2, -0.15) is 0 Å². The number of ketones is 1. The van der Waals surface area contributed by atoms with Crippen molar-refractivity contribution in [1.29, 1.82) is 0 Å². The van der Waals surface area contributed by atoms with Crippen LogP contribution in [0, 0.1) is 13.8 Å². The van der Waals surface area contributed by atoms with E-state index in [-0.39, 0.29) is 23.5 Å². The maximum Gasteiger partial charge on any atom is 0.230 e. The van der Waals surface area contributed by atoms with Gasteiger partial charge in [0, 0.05) is 5.92 Å². The number of hydrogen-bond acceptors (Lipinski definition) is 5. The van der Waals surface area contributed by atoms with E-state index in [1.165, 1.54) is 18.7 Å². The molecule has 142 valence electrons. The number of rotatable bonds is 7. The molecule has 1 unspecified atom stereocenters. The van der Waals surface area contributed by atoms with Crippen molar-refractivity contribution in [2.24, 2.45) is 0 Å². The SMILES string of the molecule is CC(=O)c1c(C)nc(C2CC2)nc1SCC(=O)NC(C)c1ccccc1C. The van der Waals surface area contributed by atoms with Gasteiger partial charge in [-0.05, 0) is 51.7 Å². The molecular formula is C21H25N3O2S. The molecule has 1 fully saturated rings. The zero-order chi connectivity index (χ0) is 19.6. The summed E-state index contributed by atoms with van der Waals surface area (Å²) in [5.41, 5.74) is 3.49. The molecule has 1 heterocycles. The van der Waals surface area contributed by atoms with Crippen molar-refractivity contribution in [3.05, 3.63) is 52.5 Å². The fourth-order valence-corrected chi connectivity index (χ4v) is 4.11. The summed E-state index contributed by atoms with van der Waals surface area (Å²) in [6, 6.07) is 7.95. The highest BCUT2D eigenvalue weighted by Crippen LogP contribution is 2.39. The Morgan fingerprint density at radius 2 is 1.93 bits per heavy atom. The molecule has 1 saturated carbocycles. The number of aryl methyl sites for hydroxylation is 2. The Balaban J connectivity index is 1.69. The van der Waals surface area contributed by atoms with Crippen LogP contribution in [0.2, 0.25) is 0 Å². The van der Waals surface area contributed by atoms with Gasteiger partial charge in [-0.3, -0.25) is 9.59 Å². The van der Waals surface area contributed by atoms with Gasteiger partial charge < -0.3 is 5.32 Å². The number of nitrogens with one attached hydrogen (secondary N) is 1. The van der Waals surface area contributed by atoms with Gasteiger partial charge in [0.1, 0.15) is 10.9 Å². The number of nitrogens with zero attached hydrogens (tertiary/aromatic N) is 2. The molecule has 0 aliphatic heterocycles. The van der Waals surface area contributed by atoms with Gasteiger partial charge in [0.2, 0.25) is 5.91 Å². The monoisotopic (exact) mass is 383 g/mol. The van der Waals surface area contributed by atoms with E-state index in [2.05, 4.69) is 15.3 Å². The van der Waals surface area contributed by atoms with Crippen LogP contribution in [-0.2, 0) is 4.79 Å². The van der Waals surface area contributed by atoms with E-state index in [1.54, 1.807) is 0 Å². The van der Waals surface area contributed by atoms with Crippen molar-refractivity contribution in [2.45, 2.75) is 57.5 Å². The molecule has 0 spiro atoms. The lowest BCUT2D eigenvalue weighted by atomic mass is 10.0. The Morgan fingerprint density at radius 1 is 1.22 bits per heavy atom. The third-order valence-electron chi connectivity index (χ3n) is 4.74. The molecule has 1 aliphatic carbocycles. The zero-order valence-electron chi connectivity index (χ0n) is 16.2. The lowest BCUT2D eigenvalue weighted by molar-refractivity contribution is -0.119. The molecule has 1 aromatic carbocycles. The fourth-order valence-electron chi connectivity index (χ4n) is 3.17. The third kappa shape index (κ3) is 4.75. The Bertz CT molecular complexity index is 878. The molecule has 2 aromatic rings. The topological polar surface area (TPSA) is 72.0 Å². The second-order valence-electron chi connectivity index (χ2n) is 7.11. The van der Waals surface area contributed by atoms with Crippen molar-refractivity contribution < 1.29 is 9.59 Å². The molecule has 27 heavy (non-hydrogen) atoms. The molecule has 6 heteroatoms. The minimum Gasteiger partial charge on any atom is -0.349 e. The Labute approximate surface area is 164 Å². The summed E-state index contributed by atoms with van der Waals surface area (Å²) in [7, 11) is 0. The van der Waals surface area contributed by atoms with Gasteiger partial charge in [0.15, 0.2) is 5.78 Å².